The monoisotopic (exact) mass is 215 g/mol. The molecule has 68 valence electrons. The molecule has 2 aromatic carbocycles. The molecule has 0 aliphatic carbocycles. The van der Waals surface area contributed by atoms with Crippen LogP contribution in [0.2, 0.25) is 0 Å². The van der Waals surface area contributed by atoms with E-state index < -0.39 is 11.1 Å². The summed E-state index contributed by atoms with van der Waals surface area (Å²) in [5, 5.41) is 2.00. The zero-order valence-electron chi connectivity index (χ0n) is 8.77. The van der Waals surface area contributed by atoms with Gasteiger partial charge in [0.05, 0.1) is 0 Å². The first-order valence-corrected chi connectivity index (χ1v) is 4.93. The van der Waals surface area contributed by atoms with Gasteiger partial charge >= 0.3 is 29.6 Å². The molecule has 0 aliphatic heterocycles. The summed E-state index contributed by atoms with van der Waals surface area (Å²) in [5.41, 5.74) is 0. The molecule has 2 nitrogen and oxygen atoms in total. The summed E-state index contributed by atoms with van der Waals surface area (Å²) in [6, 6.07) is 12.7. The van der Waals surface area contributed by atoms with Gasteiger partial charge in [-0.1, -0.05) is 30.3 Å². The van der Waals surface area contributed by atoms with Gasteiger partial charge in [-0.05, 0) is 34.0 Å². The van der Waals surface area contributed by atoms with Crippen molar-refractivity contribution in [3.8, 4) is 0 Å². The Morgan fingerprint density at radius 1 is 1.07 bits per heavy atom. The van der Waals surface area contributed by atoms with Gasteiger partial charge in [0.25, 0.3) is 0 Å². The molecule has 0 bridgehead atoms. The van der Waals surface area contributed by atoms with E-state index in [0.29, 0.717) is 4.90 Å². The smallest absolute Gasteiger partial charge is 1.00 e. The first-order chi connectivity index (χ1) is 6.27. The fraction of sp³-hybridized carbons (Fsp3) is 0. The molecule has 0 saturated carbocycles. The Hall–Kier alpha value is -0.190. The number of benzene rings is 2. The summed E-state index contributed by atoms with van der Waals surface area (Å²) >= 11 is -2.13. The Morgan fingerprint density at radius 3 is 2.36 bits per heavy atom. The number of rotatable bonds is 1. The molecular weight excluding hydrogens is 207 g/mol. The molecule has 1 unspecified atom stereocenters. The molecule has 0 heterocycles. The fourth-order valence-electron chi connectivity index (χ4n) is 1.27. The van der Waals surface area contributed by atoms with Crippen LogP contribution in [0.4, 0.5) is 0 Å². The molecule has 0 aromatic heterocycles. The maximum absolute atomic E-state index is 10.6. The van der Waals surface area contributed by atoms with Crippen LogP contribution in [0.1, 0.15) is 1.43 Å². The molecular formula is C10H8NaO2S-. The SMILES string of the molecule is O=S([O-])c1ccc2ccccc2c1.[H-].[Na+]. The Kier molecular flexibility index (Phi) is 4.29. The molecule has 0 spiro atoms. The minimum Gasteiger partial charge on any atom is -1.00 e. The van der Waals surface area contributed by atoms with Gasteiger partial charge in [0.1, 0.15) is 0 Å². The summed E-state index contributed by atoms with van der Waals surface area (Å²) in [6.07, 6.45) is 0. The summed E-state index contributed by atoms with van der Waals surface area (Å²) in [5.74, 6) is 0. The zero-order valence-corrected chi connectivity index (χ0v) is 10.6. The Bertz CT molecular complexity index is 476. The van der Waals surface area contributed by atoms with Crippen LogP contribution in [0.15, 0.2) is 47.4 Å². The third-order valence-corrected chi connectivity index (χ3v) is 2.55. The fourth-order valence-corrected chi connectivity index (χ4v) is 1.67. The quantitative estimate of drug-likeness (QED) is 0.461. The normalized spacial score (nSPS) is 12.1. The number of hydrogen-bond donors (Lipinski definition) is 0. The molecule has 0 radical (unpaired) electrons. The Labute approximate surface area is 108 Å². The van der Waals surface area contributed by atoms with Gasteiger partial charge in [-0.2, -0.15) is 0 Å². The van der Waals surface area contributed by atoms with Crippen LogP contribution in [0.5, 0.6) is 0 Å². The van der Waals surface area contributed by atoms with Gasteiger partial charge < -0.3 is 5.98 Å². The van der Waals surface area contributed by atoms with Gasteiger partial charge in [0.2, 0.25) is 0 Å². The van der Waals surface area contributed by atoms with Crippen LogP contribution >= 0.6 is 0 Å². The van der Waals surface area contributed by atoms with Gasteiger partial charge in [0, 0.05) is 4.90 Å². The maximum atomic E-state index is 10.6. The molecule has 1 atom stereocenters. The van der Waals surface area contributed by atoms with Crippen molar-refractivity contribution >= 4 is 21.9 Å². The van der Waals surface area contributed by atoms with Crippen LogP contribution in [0, 0.1) is 0 Å². The molecule has 2 aromatic rings. The molecule has 0 fully saturated rings. The number of fused-ring (bicyclic) bond motifs is 1. The zero-order chi connectivity index (χ0) is 9.26. The molecule has 0 saturated heterocycles. The van der Waals surface area contributed by atoms with Crippen molar-refractivity contribution in [3.63, 3.8) is 0 Å². The van der Waals surface area contributed by atoms with Crippen molar-refractivity contribution in [3.05, 3.63) is 42.5 Å². The average molecular weight is 215 g/mol. The topological polar surface area (TPSA) is 40.1 Å². The first kappa shape index (κ1) is 11.9. The van der Waals surface area contributed by atoms with Crippen LogP contribution in [0.3, 0.4) is 0 Å². The molecule has 0 amide bonds. The van der Waals surface area contributed by atoms with E-state index in [2.05, 4.69) is 0 Å². The maximum Gasteiger partial charge on any atom is 1.00 e. The van der Waals surface area contributed by atoms with E-state index in [9.17, 15) is 8.76 Å². The predicted molar refractivity (Wildman–Crippen MR) is 52.2 cm³/mol. The molecule has 4 heteroatoms. The molecule has 0 N–H and O–H groups in total. The third kappa shape index (κ3) is 2.43. The van der Waals surface area contributed by atoms with Crippen LogP contribution in [0.25, 0.3) is 10.8 Å². The summed E-state index contributed by atoms with van der Waals surface area (Å²) in [6.45, 7) is 0. The summed E-state index contributed by atoms with van der Waals surface area (Å²) in [7, 11) is 0. The van der Waals surface area contributed by atoms with Crippen molar-refractivity contribution in [2.45, 2.75) is 4.90 Å². The molecule has 2 rings (SSSR count). The second-order valence-electron chi connectivity index (χ2n) is 2.74. The number of hydrogen-bond acceptors (Lipinski definition) is 2. The second kappa shape index (κ2) is 5.05. The van der Waals surface area contributed by atoms with Gasteiger partial charge in [-0.25, -0.2) is 0 Å². The third-order valence-electron chi connectivity index (χ3n) is 1.91. The van der Waals surface area contributed by atoms with Gasteiger partial charge in [-0.15, -0.1) is 0 Å². The van der Waals surface area contributed by atoms with Crippen LogP contribution < -0.4 is 29.6 Å². The van der Waals surface area contributed by atoms with Crippen molar-refractivity contribution in [2.24, 2.45) is 0 Å². The summed E-state index contributed by atoms with van der Waals surface area (Å²) < 4.78 is 21.3. The van der Waals surface area contributed by atoms with E-state index in [-0.39, 0.29) is 31.0 Å². The van der Waals surface area contributed by atoms with E-state index in [1.807, 2.05) is 24.3 Å². The largest absolute Gasteiger partial charge is 1.00 e. The second-order valence-corrected chi connectivity index (χ2v) is 3.68. The van der Waals surface area contributed by atoms with E-state index in [1.54, 1.807) is 18.2 Å². The van der Waals surface area contributed by atoms with E-state index in [0.717, 1.165) is 10.8 Å². The predicted octanol–water partition coefficient (Wildman–Crippen LogP) is -0.806. The standard InChI is InChI=1S/C10H8O2S.Na.H/c11-13(12)10-6-5-8-3-1-2-4-9(8)7-10;;/h1-7H,(H,11,12);;/q;+1;-1/p-1. The van der Waals surface area contributed by atoms with E-state index >= 15 is 0 Å². The van der Waals surface area contributed by atoms with Crippen LogP contribution in [-0.2, 0) is 11.1 Å². The van der Waals surface area contributed by atoms with E-state index in [1.165, 1.54) is 0 Å². The van der Waals surface area contributed by atoms with Gasteiger partial charge in [-0.3, -0.25) is 4.21 Å². The van der Waals surface area contributed by atoms with E-state index in [4.69, 9.17) is 0 Å². The van der Waals surface area contributed by atoms with Crippen molar-refractivity contribution in [1.82, 2.24) is 0 Å². The Morgan fingerprint density at radius 2 is 1.71 bits per heavy atom. The first-order valence-electron chi connectivity index (χ1n) is 3.85. The van der Waals surface area contributed by atoms with Crippen molar-refractivity contribution in [2.75, 3.05) is 0 Å². The minimum absolute atomic E-state index is 0. The van der Waals surface area contributed by atoms with Crippen molar-refractivity contribution < 1.29 is 39.7 Å². The van der Waals surface area contributed by atoms with Gasteiger partial charge in [0.15, 0.2) is 0 Å². The molecule has 14 heavy (non-hydrogen) atoms. The Balaban J connectivity index is 0.000000980. The minimum atomic E-state index is -2.13. The summed E-state index contributed by atoms with van der Waals surface area (Å²) in [4.78, 5) is 0.332. The van der Waals surface area contributed by atoms with Crippen LogP contribution in [-0.4, -0.2) is 8.76 Å². The molecule has 0 aliphatic rings. The van der Waals surface area contributed by atoms with Crippen molar-refractivity contribution in [1.29, 1.82) is 0 Å². The average Bonchev–Trinajstić information content (AvgIpc) is 2.17.